The van der Waals surface area contributed by atoms with Crippen LogP contribution in [-0.4, -0.2) is 33.5 Å². The number of likely N-dealkylation sites (N-methyl/N-ethyl adjacent to an activating group) is 1. The van der Waals surface area contributed by atoms with Gasteiger partial charge in [0, 0.05) is 0 Å². The molecule has 1 heterocycles. The Morgan fingerprint density at radius 1 is 1.38 bits per heavy atom. The molecule has 0 bridgehead atoms. The molecule has 1 unspecified atom stereocenters. The minimum Gasteiger partial charge on any atom is -0.478 e. The molecule has 0 amide bonds. The van der Waals surface area contributed by atoms with Crippen molar-refractivity contribution in [1.29, 1.82) is 0 Å². The summed E-state index contributed by atoms with van der Waals surface area (Å²) < 4.78 is 29.6. The second-order valence-corrected chi connectivity index (χ2v) is 5.55. The van der Waals surface area contributed by atoms with E-state index in [1.807, 2.05) is 0 Å². The van der Waals surface area contributed by atoms with E-state index in [-0.39, 0.29) is 11.5 Å². The van der Waals surface area contributed by atoms with Gasteiger partial charge in [-0.1, -0.05) is 18.2 Å². The number of sulfone groups is 1. The quantitative estimate of drug-likeness (QED) is 0.830. The highest BCUT2D eigenvalue weighted by Gasteiger charge is 2.46. The van der Waals surface area contributed by atoms with Gasteiger partial charge in [-0.25, -0.2) is 13.4 Å². The molecule has 1 aromatic rings. The molecule has 0 aromatic heterocycles. The summed E-state index contributed by atoms with van der Waals surface area (Å²) in [6, 6.07) is 8.20. The van der Waals surface area contributed by atoms with Gasteiger partial charge >= 0.3 is 0 Å². The summed E-state index contributed by atoms with van der Waals surface area (Å²) in [5, 5.41) is 2.71. The molecule has 0 saturated heterocycles. The largest absolute Gasteiger partial charge is 0.478 e. The SMILES string of the molecule is CNC1(S(=O)(=O)c2ccccc2)COC=N1. The zero-order valence-corrected chi connectivity index (χ0v) is 9.57. The Morgan fingerprint density at radius 2 is 2.06 bits per heavy atom. The van der Waals surface area contributed by atoms with E-state index in [2.05, 4.69) is 10.3 Å². The highest BCUT2D eigenvalue weighted by molar-refractivity contribution is 7.92. The summed E-state index contributed by atoms with van der Waals surface area (Å²) in [5.41, 5.74) is 0. The maximum absolute atomic E-state index is 12.3. The lowest BCUT2D eigenvalue weighted by atomic mass is 10.4. The lowest BCUT2D eigenvalue weighted by Crippen LogP contribution is -2.49. The highest BCUT2D eigenvalue weighted by atomic mass is 32.2. The van der Waals surface area contributed by atoms with E-state index in [1.165, 1.54) is 0 Å². The van der Waals surface area contributed by atoms with E-state index in [4.69, 9.17) is 4.74 Å². The van der Waals surface area contributed by atoms with Crippen LogP contribution in [0.5, 0.6) is 0 Å². The second-order valence-electron chi connectivity index (χ2n) is 3.40. The number of aliphatic imine (C=N–C) groups is 1. The third-order valence-corrected chi connectivity index (χ3v) is 4.71. The van der Waals surface area contributed by atoms with Crippen molar-refractivity contribution in [2.24, 2.45) is 4.99 Å². The van der Waals surface area contributed by atoms with E-state index in [0.29, 0.717) is 0 Å². The van der Waals surface area contributed by atoms with E-state index in [0.717, 1.165) is 6.40 Å². The van der Waals surface area contributed by atoms with Crippen molar-refractivity contribution in [1.82, 2.24) is 5.32 Å². The average molecular weight is 240 g/mol. The van der Waals surface area contributed by atoms with Gasteiger partial charge in [0.25, 0.3) is 4.99 Å². The molecule has 1 N–H and O–H groups in total. The molecule has 5 nitrogen and oxygen atoms in total. The van der Waals surface area contributed by atoms with Crippen LogP contribution in [0.25, 0.3) is 0 Å². The molecule has 16 heavy (non-hydrogen) atoms. The predicted molar refractivity (Wildman–Crippen MR) is 59.9 cm³/mol. The van der Waals surface area contributed by atoms with E-state index in [9.17, 15) is 8.42 Å². The van der Waals surface area contributed by atoms with Crippen molar-refractivity contribution in [3.63, 3.8) is 0 Å². The zero-order chi connectivity index (χ0) is 11.6. The second kappa shape index (κ2) is 3.88. The monoisotopic (exact) mass is 240 g/mol. The lowest BCUT2D eigenvalue weighted by molar-refractivity contribution is 0.288. The first kappa shape index (κ1) is 11.1. The molecule has 2 rings (SSSR count). The van der Waals surface area contributed by atoms with Gasteiger partial charge in [0.05, 0.1) is 4.90 Å². The molecule has 86 valence electrons. The zero-order valence-electron chi connectivity index (χ0n) is 8.75. The molecule has 1 atom stereocenters. The highest BCUT2D eigenvalue weighted by Crippen LogP contribution is 2.27. The van der Waals surface area contributed by atoms with Gasteiger partial charge in [-0.05, 0) is 19.2 Å². The molecule has 0 aliphatic carbocycles. The lowest BCUT2D eigenvalue weighted by Gasteiger charge is -2.23. The van der Waals surface area contributed by atoms with E-state index >= 15 is 0 Å². The Kier molecular flexibility index (Phi) is 2.69. The smallest absolute Gasteiger partial charge is 0.254 e. The van der Waals surface area contributed by atoms with Gasteiger partial charge in [0.1, 0.15) is 6.61 Å². The van der Waals surface area contributed by atoms with Gasteiger partial charge < -0.3 is 4.74 Å². The number of nitrogens with one attached hydrogen (secondary N) is 1. The van der Waals surface area contributed by atoms with Crippen LogP contribution in [0.4, 0.5) is 0 Å². The third-order valence-electron chi connectivity index (χ3n) is 2.50. The molecular formula is C10H12N2O3S. The van der Waals surface area contributed by atoms with Gasteiger partial charge in [0.15, 0.2) is 6.40 Å². The predicted octanol–water partition coefficient (Wildman–Crippen LogP) is 0.392. The summed E-state index contributed by atoms with van der Waals surface area (Å²) in [7, 11) is -2.04. The van der Waals surface area contributed by atoms with Gasteiger partial charge in [-0.2, -0.15) is 0 Å². The minimum absolute atomic E-state index is 0.0132. The van der Waals surface area contributed by atoms with Crippen molar-refractivity contribution in [2.75, 3.05) is 13.7 Å². The maximum Gasteiger partial charge on any atom is 0.254 e. The van der Waals surface area contributed by atoms with Gasteiger partial charge in [-0.15, -0.1) is 0 Å². The fourth-order valence-electron chi connectivity index (χ4n) is 1.52. The van der Waals surface area contributed by atoms with Crippen LogP contribution in [0.3, 0.4) is 0 Å². The number of nitrogens with zero attached hydrogens (tertiary/aromatic N) is 1. The molecule has 1 aliphatic heterocycles. The van der Waals surface area contributed by atoms with Crippen molar-refractivity contribution in [3.05, 3.63) is 30.3 Å². The van der Waals surface area contributed by atoms with E-state index in [1.54, 1.807) is 37.4 Å². The molecule has 0 radical (unpaired) electrons. The van der Waals surface area contributed by atoms with Crippen LogP contribution in [0.1, 0.15) is 0 Å². The molecule has 0 fully saturated rings. The summed E-state index contributed by atoms with van der Waals surface area (Å²) in [5.74, 6) is 0. The van der Waals surface area contributed by atoms with Crippen LogP contribution >= 0.6 is 0 Å². The normalized spacial score (nSPS) is 24.3. The van der Waals surface area contributed by atoms with Crippen LogP contribution < -0.4 is 5.32 Å². The number of benzene rings is 1. The fraction of sp³-hybridized carbons (Fsp3) is 0.300. The van der Waals surface area contributed by atoms with Crippen LogP contribution in [-0.2, 0) is 14.6 Å². The van der Waals surface area contributed by atoms with Crippen LogP contribution in [0, 0.1) is 0 Å². The Balaban J connectivity index is 2.51. The van der Waals surface area contributed by atoms with Crippen molar-refractivity contribution < 1.29 is 13.2 Å². The average Bonchev–Trinajstić information content (AvgIpc) is 2.80. The first-order chi connectivity index (χ1) is 7.62. The first-order valence-corrected chi connectivity index (χ1v) is 6.25. The van der Waals surface area contributed by atoms with Gasteiger partial charge in [-0.3, -0.25) is 5.32 Å². The fourth-order valence-corrected chi connectivity index (χ4v) is 3.10. The topological polar surface area (TPSA) is 67.8 Å². The number of hydrogen-bond donors (Lipinski definition) is 1. The molecule has 0 saturated carbocycles. The Hall–Kier alpha value is -1.40. The van der Waals surface area contributed by atoms with Gasteiger partial charge in [0.2, 0.25) is 9.84 Å². The van der Waals surface area contributed by atoms with Crippen LogP contribution in [0.15, 0.2) is 40.2 Å². The van der Waals surface area contributed by atoms with Crippen molar-refractivity contribution in [3.8, 4) is 0 Å². The maximum atomic E-state index is 12.3. The van der Waals surface area contributed by atoms with Crippen molar-refractivity contribution in [2.45, 2.75) is 9.89 Å². The molecule has 1 aromatic carbocycles. The molecule has 0 spiro atoms. The van der Waals surface area contributed by atoms with Crippen molar-refractivity contribution >= 4 is 16.2 Å². The number of hydrogen-bond acceptors (Lipinski definition) is 5. The summed E-state index contributed by atoms with van der Waals surface area (Å²) in [6.45, 7) is -0.0132. The number of ether oxygens (including phenoxy) is 1. The molecular weight excluding hydrogens is 228 g/mol. The number of rotatable bonds is 3. The van der Waals surface area contributed by atoms with Crippen LogP contribution in [0.2, 0.25) is 0 Å². The Labute approximate surface area is 94.1 Å². The van der Waals surface area contributed by atoms with E-state index < -0.39 is 14.8 Å². The third kappa shape index (κ3) is 1.50. The first-order valence-electron chi connectivity index (χ1n) is 4.76. The summed E-state index contributed by atoms with van der Waals surface area (Å²) >= 11 is 0. The molecule has 6 heteroatoms. The standard InChI is InChI=1S/C10H12N2O3S/c1-11-10(7-15-8-12-10)16(13,14)9-5-3-2-4-6-9/h2-6,8,11H,7H2,1H3. The molecule has 1 aliphatic rings. The summed E-state index contributed by atoms with van der Waals surface area (Å²) in [4.78, 5) is 2.72. The minimum atomic E-state index is -3.58. The summed E-state index contributed by atoms with van der Waals surface area (Å²) in [6.07, 6.45) is 1.16. The Morgan fingerprint density at radius 3 is 2.56 bits per heavy atom. The Bertz CT molecular complexity index is 498.